The first kappa shape index (κ1) is 14.4. The molecule has 2 aromatic heterocycles. The maximum absolute atomic E-state index is 5.37. The molecule has 2 aromatic rings. The number of nitrogens with one attached hydrogen (secondary N) is 1. The molecule has 21 heavy (non-hydrogen) atoms. The lowest BCUT2D eigenvalue weighted by Crippen LogP contribution is -2.07. The quantitative estimate of drug-likeness (QED) is 0.838. The van der Waals surface area contributed by atoms with Gasteiger partial charge in [-0.1, -0.05) is 44.3 Å². The van der Waals surface area contributed by atoms with Gasteiger partial charge in [-0.05, 0) is 18.9 Å². The Balaban J connectivity index is 1.91. The summed E-state index contributed by atoms with van der Waals surface area (Å²) in [7, 11) is 1.93. The normalized spacial score (nSPS) is 17.4. The Morgan fingerprint density at radius 3 is 2.57 bits per heavy atom. The van der Waals surface area contributed by atoms with E-state index in [0.717, 1.165) is 17.1 Å². The van der Waals surface area contributed by atoms with Gasteiger partial charge >= 0.3 is 0 Å². The molecule has 5 heteroatoms. The predicted molar refractivity (Wildman–Crippen MR) is 86.7 cm³/mol. The third-order valence-electron chi connectivity index (χ3n) is 4.27. The van der Waals surface area contributed by atoms with Gasteiger partial charge in [0.05, 0.1) is 11.9 Å². The Labute approximate surface area is 130 Å². The van der Waals surface area contributed by atoms with Crippen molar-refractivity contribution < 1.29 is 0 Å². The van der Waals surface area contributed by atoms with Crippen LogP contribution in [0, 0.1) is 4.64 Å². The summed E-state index contributed by atoms with van der Waals surface area (Å²) >= 11 is 5.37. The van der Waals surface area contributed by atoms with E-state index in [4.69, 9.17) is 12.2 Å². The summed E-state index contributed by atoms with van der Waals surface area (Å²) in [6, 6.07) is 1.93. The van der Waals surface area contributed by atoms with E-state index in [9.17, 15) is 0 Å². The lowest BCUT2D eigenvalue weighted by molar-refractivity contribution is 0.442. The third kappa shape index (κ3) is 3.59. The highest BCUT2D eigenvalue weighted by Gasteiger charge is 2.16. The van der Waals surface area contributed by atoms with Gasteiger partial charge in [-0.3, -0.25) is 4.68 Å². The van der Waals surface area contributed by atoms with Gasteiger partial charge in [-0.15, -0.1) is 0 Å². The van der Waals surface area contributed by atoms with Crippen molar-refractivity contribution in [1.82, 2.24) is 19.7 Å². The van der Waals surface area contributed by atoms with Crippen LogP contribution in [0.25, 0.3) is 11.3 Å². The van der Waals surface area contributed by atoms with E-state index >= 15 is 0 Å². The van der Waals surface area contributed by atoms with Gasteiger partial charge in [-0.25, -0.2) is 4.98 Å². The van der Waals surface area contributed by atoms with Crippen molar-refractivity contribution in [2.24, 2.45) is 7.05 Å². The number of nitrogens with zero attached hydrogens (tertiary/aromatic N) is 3. The first-order valence-corrected chi connectivity index (χ1v) is 8.23. The molecule has 1 aliphatic rings. The molecule has 0 amide bonds. The molecule has 1 aliphatic carbocycles. The Bertz CT molecular complexity index is 650. The van der Waals surface area contributed by atoms with Crippen LogP contribution in [0.3, 0.4) is 0 Å². The molecule has 1 N–H and O–H groups in total. The Morgan fingerprint density at radius 2 is 1.90 bits per heavy atom. The molecular formula is C16H22N4S. The van der Waals surface area contributed by atoms with Crippen molar-refractivity contribution in [2.45, 2.75) is 50.9 Å². The number of aromatic amines is 1. The molecule has 0 unspecified atom stereocenters. The van der Waals surface area contributed by atoms with Crippen molar-refractivity contribution in [2.75, 3.05) is 0 Å². The summed E-state index contributed by atoms with van der Waals surface area (Å²) in [4.78, 5) is 8.10. The first-order chi connectivity index (χ1) is 10.2. The van der Waals surface area contributed by atoms with E-state index in [2.05, 4.69) is 15.1 Å². The summed E-state index contributed by atoms with van der Waals surface area (Å²) in [5.74, 6) is 1.58. The highest BCUT2D eigenvalue weighted by molar-refractivity contribution is 7.71. The fraction of sp³-hybridized carbons (Fsp3) is 0.562. The molecule has 3 rings (SSSR count). The molecule has 0 spiro atoms. The zero-order valence-corrected chi connectivity index (χ0v) is 13.3. The molecule has 0 aliphatic heterocycles. The lowest BCUT2D eigenvalue weighted by atomic mass is 9.90. The smallest absolute Gasteiger partial charge is 0.130 e. The minimum atomic E-state index is 0.517. The summed E-state index contributed by atoms with van der Waals surface area (Å²) in [5, 5.41) is 4.23. The van der Waals surface area contributed by atoms with Gasteiger partial charge in [0.2, 0.25) is 0 Å². The molecule has 0 aromatic carbocycles. The second-order valence-electron chi connectivity index (χ2n) is 5.96. The van der Waals surface area contributed by atoms with Crippen LogP contribution in [0.5, 0.6) is 0 Å². The van der Waals surface area contributed by atoms with E-state index in [1.165, 1.54) is 44.9 Å². The largest absolute Gasteiger partial charge is 0.343 e. The summed E-state index contributed by atoms with van der Waals surface area (Å²) in [5.41, 5.74) is 2.10. The molecule has 112 valence electrons. The number of aryl methyl sites for hydroxylation is 1. The minimum Gasteiger partial charge on any atom is -0.343 e. The van der Waals surface area contributed by atoms with Crippen molar-refractivity contribution in [3.05, 3.63) is 28.9 Å². The minimum absolute atomic E-state index is 0.517. The monoisotopic (exact) mass is 302 g/mol. The van der Waals surface area contributed by atoms with E-state index in [0.29, 0.717) is 10.6 Å². The molecule has 0 saturated heterocycles. The van der Waals surface area contributed by atoms with Crippen molar-refractivity contribution in [3.63, 3.8) is 0 Å². The molecule has 1 saturated carbocycles. The number of hydrogen-bond donors (Lipinski definition) is 1. The van der Waals surface area contributed by atoms with Crippen LogP contribution >= 0.6 is 12.2 Å². The zero-order valence-electron chi connectivity index (χ0n) is 12.5. The molecular weight excluding hydrogens is 280 g/mol. The third-order valence-corrected chi connectivity index (χ3v) is 4.48. The highest BCUT2D eigenvalue weighted by atomic mass is 32.1. The maximum atomic E-state index is 5.37. The maximum Gasteiger partial charge on any atom is 0.130 e. The Hall–Kier alpha value is -1.49. The van der Waals surface area contributed by atoms with Crippen molar-refractivity contribution in [1.29, 1.82) is 0 Å². The van der Waals surface area contributed by atoms with E-state index in [1.54, 1.807) is 0 Å². The number of rotatable bonds is 2. The second-order valence-corrected chi connectivity index (χ2v) is 6.38. The molecule has 4 nitrogen and oxygen atoms in total. The van der Waals surface area contributed by atoms with Crippen LogP contribution in [0.4, 0.5) is 0 Å². The Kier molecular flexibility index (Phi) is 4.48. The van der Waals surface area contributed by atoms with Crippen molar-refractivity contribution in [3.8, 4) is 11.3 Å². The standard InChI is InChI=1S/C16H22N4S/c1-20-11-13(10-17-20)14-9-15(21)19-16(18-14)12-7-5-3-2-4-6-8-12/h9-12H,2-8H2,1H3,(H,18,19,21). The molecule has 2 heterocycles. The molecule has 1 fully saturated rings. The second kappa shape index (κ2) is 6.52. The lowest BCUT2D eigenvalue weighted by Gasteiger charge is -2.19. The predicted octanol–water partition coefficient (Wildman–Crippen LogP) is 4.37. The molecule has 0 atom stereocenters. The van der Waals surface area contributed by atoms with Crippen molar-refractivity contribution >= 4 is 12.2 Å². The Morgan fingerprint density at radius 1 is 1.19 bits per heavy atom. The van der Waals surface area contributed by atoms with Crippen LogP contribution in [0.15, 0.2) is 18.5 Å². The number of H-pyrrole nitrogens is 1. The number of hydrogen-bond acceptors (Lipinski definition) is 3. The highest BCUT2D eigenvalue weighted by Crippen LogP contribution is 2.30. The SMILES string of the molecule is Cn1cc(-c2cc(=S)nc(C3CCCCCCC3)[nH]2)cn1. The summed E-state index contributed by atoms with van der Waals surface area (Å²) < 4.78 is 2.48. The van der Waals surface area contributed by atoms with Gasteiger partial charge in [0, 0.05) is 24.7 Å². The van der Waals surface area contributed by atoms with Gasteiger partial charge < -0.3 is 4.98 Å². The first-order valence-electron chi connectivity index (χ1n) is 7.82. The average molecular weight is 302 g/mol. The summed E-state index contributed by atoms with van der Waals surface area (Å²) in [6.45, 7) is 0. The van der Waals surface area contributed by atoms with E-state index in [1.807, 2.05) is 30.2 Å². The summed E-state index contributed by atoms with van der Waals surface area (Å²) in [6.07, 6.45) is 13.0. The topological polar surface area (TPSA) is 46.5 Å². The van der Waals surface area contributed by atoms with Crippen LogP contribution in [0.2, 0.25) is 0 Å². The van der Waals surface area contributed by atoms with Gasteiger partial charge in [0.15, 0.2) is 0 Å². The molecule has 0 bridgehead atoms. The van der Waals surface area contributed by atoms with Gasteiger partial charge in [0.1, 0.15) is 10.5 Å². The van der Waals surface area contributed by atoms with Crippen LogP contribution in [0.1, 0.15) is 56.7 Å². The average Bonchev–Trinajstić information content (AvgIpc) is 2.84. The molecule has 0 radical (unpaired) electrons. The number of aromatic nitrogens is 4. The fourth-order valence-electron chi connectivity index (χ4n) is 3.12. The fourth-order valence-corrected chi connectivity index (χ4v) is 3.33. The van der Waals surface area contributed by atoms with E-state index in [-0.39, 0.29) is 0 Å². The van der Waals surface area contributed by atoms with Crippen LogP contribution < -0.4 is 0 Å². The van der Waals surface area contributed by atoms with E-state index < -0.39 is 0 Å². The van der Waals surface area contributed by atoms with Crippen LogP contribution in [-0.4, -0.2) is 19.7 Å². The zero-order chi connectivity index (χ0) is 14.7. The van der Waals surface area contributed by atoms with Crippen LogP contribution in [-0.2, 0) is 7.05 Å². The van der Waals surface area contributed by atoms with Gasteiger partial charge in [0.25, 0.3) is 0 Å². The van der Waals surface area contributed by atoms with Gasteiger partial charge in [-0.2, -0.15) is 5.10 Å².